The largest absolute Gasteiger partial charge is 0.481 e. The third kappa shape index (κ3) is 4.93. The second-order valence-corrected chi connectivity index (χ2v) is 9.57. The van der Waals surface area contributed by atoms with Crippen LogP contribution in [0.3, 0.4) is 0 Å². The number of carboxylic acid groups (broad SMARTS) is 1. The number of carbonyl (C=O) groups is 3. The number of hydrogen-bond donors (Lipinski definition) is 3. The van der Waals surface area contributed by atoms with Crippen molar-refractivity contribution in [3.63, 3.8) is 0 Å². The molecular weight excluding hydrogens is 432 g/mol. The molecule has 0 spiro atoms. The van der Waals surface area contributed by atoms with Gasteiger partial charge >= 0.3 is 12.1 Å². The molecule has 7 nitrogen and oxygen atoms in total. The fourth-order valence-corrected chi connectivity index (χ4v) is 4.58. The second kappa shape index (κ2) is 9.87. The molecule has 2 amide bonds. The van der Waals surface area contributed by atoms with E-state index in [1.54, 1.807) is 0 Å². The number of fused-ring (bicyclic) bond motifs is 3. The van der Waals surface area contributed by atoms with Gasteiger partial charge in [0, 0.05) is 12.5 Å². The van der Waals surface area contributed by atoms with Crippen molar-refractivity contribution >= 4 is 18.0 Å². The number of amides is 2. The Kier molecular flexibility index (Phi) is 6.91. The molecule has 3 N–H and O–H groups in total. The number of carboxylic acids is 1. The van der Waals surface area contributed by atoms with E-state index in [9.17, 15) is 19.5 Å². The van der Waals surface area contributed by atoms with Gasteiger partial charge in [-0.05, 0) is 47.4 Å². The topological polar surface area (TPSA) is 105 Å². The molecule has 2 aromatic carbocycles. The van der Waals surface area contributed by atoms with E-state index >= 15 is 0 Å². The molecule has 2 aliphatic carbocycles. The van der Waals surface area contributed by atoms with Crippen LogP contribution in [0, 0.1) is 11.3 Å². The maximum absolute atomic E-state index is 12.8. The molecule has 34 heavy (non-hydrogen) atoms. The summed E-state index contributed by atoms with van der Waals surface area (Å²) in [6.45, 7) is 4.28. The lowest BCUT2D eigenvalue weighted by Gasteiger charge is -2.22. The van der Waals surface area contributed by atoms with Gasteiger partial charge in [-0.15, -0.1) is 0 Å². The molecule has 0 heterocycles. The SMILES string of the molecule is CCC(C)CC(NC(=O)OCC1c2ccccc2-c2ccccc21)C(=O)NCC1(C(=O)O)CC1. The smallest absolute Gasteiger partial charge is 0.407 e. The van der Waals surface area contributed by atoms with Gasteiger partial charge in [-0.3, -0.25) is 9.59 Å². The van der Waals surface area contributed by atoms with Crippen LogP contribution in [0.2, 0.25) is 0 Å². The normalized spacial score (nSPS) is 17.1. The first-order chi connectivity index (χ1) is 16.3. The van der Waals surface area contributed by atoms with Crippen LogP contribution in [0.5, 0.6) is 0 Å². The summed E-state index contributed by atoms with van der Waals surface area (Å²) >= 11 is 0. The van der Waals surface area contributed by atoms with Gasteiger partial charge in [-0.25, -0.2) is 4.79 Å². The van der Waals surface area contributed by atoms with E-state index in [0.717, 1.165) is 28.7 Å². The van der Waals surface area contributed by atoms with Crippen molar-refractivity contribution in [2.45, 2.75) is 51.5 Å². The van der Waals surface area contributed by atoms with Crippen molar-refractivity contribution in [1.82, 2.24) is 10.6 Å². The van der Waals surface area contributed by atoms with E-state index in [1.807, 2.05) is 38.1 Å². The molecule has 0 saturated heterocycles. The average molecular weight is 465 g/mol. The molecule has 2 unspecified atom stereocenters. The highest BCUT2D eigenvalue weighted by Crippen LogP contribution is 2.45. The Labute approximate surface area is 199 Å². The minimum atomic E-state index is -0.893. The van der Waals surface area contributed by atoms with Crippen LogP contribution < -0.4 is 10.6 Å². The van der Waals surface area contributed by atoms with Crippen LogP contribution >= 0.6 is 0 Å². The van der Waals surface area contributed by atoms with Crippen molar-refractivity contribution in [2.75, 3.05) is 13.2 Å². The Balaban J connectivity index is 1.39. The summed E-state index contributed by atoms with van der Waals surface area (Å²) in [7, 11) is 0. The first-order valence-corrected chi connectivity index (χ1v) is 12.0. The van der Waals surface area contributed by atoms with Crippen molar-refractivity contribution in [3.8, 4) is 11.1 Å². The number of benzene rings is 2. The molecule has 2 aromatic rings. The van der Waals surface area contributed by atoms with Crippen LogP contribution in [0.15, 0.2) is 48.5 Å². The lowest BCUT2D eigenvalue weighted by atomic mass is 9.98. The van der Waals surface area contributed by atoms with Gasteiger partial charge in [0.25, 0.3) is 0 Å². The van der Waals surface area contributed by atoms with Gasteiger partial charge in [0.1, 0.15) is 12.6 Å². The molecule has 0 aromatic heterocycles. The number of alkyl carbamates (subject to hydrolysis) is 1. The average Bonchev–Trinajstić information content (AvgIpc) is 3.58. The van der Waals surface area contributed by atoms with Gasteiger partial charge < -0.3 is 20.5 Å². The zero-order valence-corrected chi connectivity index (χ0v) is 19.7. The lowest BCUT2D eigenvalue weighted by Crippen LogP contribution is -2.49. The van der Waals surface area contributed by atoms with Gasteiger partial charge in [0.15, 0.2) is 0 Å². The zero-order valence-electron chi connectivity index (χ0n) is 19.7. The van der Waals surface area contributed by atoms with E-state index in [0.29, 0.717) is 19.3 Å². The maximum atomic E-state index is 12.8. The van der Waals surface area contributed by atoms with Crippen molar-refractivity contribution in [2.24, 2.45) is 11.3 Å². The number of ether oxygens (including phenoxy) is 1. The quantitative estimate of drug-likeness (QED) is 0.486. The summed E-state index contributed by atoms with van der Waals surface area (Å²) in [6, 6.07) is 15.4. The molecular formula is C27H32N2O5. The minimum absolute atomic E-state index is 0.0646. The van der Waals surface area contributed by atoms with Crippen LogP contribution in [0.4, 0.5) is 4.79 Å². The third-order valence-electron chi connectivity index (χ3n) is 7.20. The van der Waals surface area contributed by atoms with Crippen molar-refractivity contribution in [3.05, 3.63) is 59.7 Å². The predicted octanol–water partition coefficient (Wildman–Crippen LogP) is 4.31. The number of nitrogens with one attached hydrogen (secondary N) is 2. The molecule has 0 radical (unpaired) electrons. The second-order valence-electron chi connectivity index (χ2n) is 9.57. The molecule has 2 atom stereocenters. The number of aliphatic carboxylic acids is 1. The Hall–Kier alpha value is -3.35. The molecule has 4 rings (SSSR count). The van der Waals surface area contributed by atoms with Crippen molar-refractivity contribution < 1.29 is 24.2 Å². The Morgan fingerprint density at radius 2 is 1.65 bits per heavy atom. The Morgan fingerprint density at radius 3 is 2.18 bits per heavy atom. The molecule has 180 valence electrons. The number of rotatable bonds is 10. The first kappa shape index (κ1) is 23.8. The van der Waals surface area contributed by atoms with E-state index in [4.69, 9.17) is 4.74 Å². The van der Waals surface area contributed by atoms with Crippen molar-refractivity contribution in [1.29, 1.82) is 0 Å². The summed E-state index contributed by atoms with van der Waals surface area (Å²) in [5.74, 6) is -1.12. The van der Waals surface area contributed by atoms with Crippen LogP contribution in [0.25, 0.3) is 11.1 Å². The van der Waals surface area contributed by atoms with Gasteiger partial charge in [0.2, 0.25) is 5.91 Å². The molecule has 0 bridgehead atoms. The Bertz CT molecular complexity index is 1030. The summed E-state index contributed by atoms with van der Waals surface area (Å²) in [4.78, 5) is 37.0. The zero-order chi connectivity index (χ0) is 24.3. The minimum Gasteiger partial charge on any atom is -0.481 e. The summed E-state index contributed by atoms with van der Waals surface area (Å²) < 4.78 is 5.61. The highest BCUT2D eigenvalue weighted by Gasteiger charge is 2.50. The summed E-state index contributed by atoms with van der Waals surface area (Å²) in [5.41, 5.74) is 3.67. The van der Waals surface area contributed by atoms with Crippen LogP contribution in [-0.2, 0) is 14.3 Å². The highest BCUT2D eigenvalue weighted by atomic mass is 16.5. The van der Waals surface area contributed by atoms with E-state index in [-0.39, 0.29) is 30.9 Å². The fraction of sp³-hybridized carbons (Fsp3) is 0.444. The molecule has 7 heteroatoms. The first-order valence-electron chi connectivity index (χ1n) is 12.0. The maximum Gasteiger partial charge on any atom is 0.407 e. The predicted molar refractivity (Wildman–Crippen MR) is 128 cm³/mol. The summed E-state index contributed by atoms with van der Waals surface area (Å²) in [6.07, 6.45) is 1.77. The van der Waals surface area contributed by atoms with E-state index in [1.165, 1.54) is 0 Å². The van der Waals surface area contributed by atoms with E-state index < -0.39 is 23.5 Å². The van der Waals surface area contributed by atoms with Gasteiger partial charge in [-0.2, -0.15) is 0 Å². The standard InChI is InChI=1S/C27H32N2O5/c1-3-17(2)14-23(24(30)28-16-27(12-13-27)25(31)32)29-26(33)34-15-22-20-10-6-4-8-18(20)19-9-5-7-11-21(19)22/h4-11,17,22-23H,3,12-16H2,1-2H3,(H,28,30)(H,29,33)(H,31,32). The Morgan fingerprint density at radius 1 is 1.06 bits per heavy atom. The monoisotopic (exact) mass is 464 g/mol. The molecule has 1 saturated carbocycles. The third-order valence-corrected chi connectivity index (χ3v) is 7.20. The van der Waals surface area contributed by atoms with E-state index in [2.05, 4.69) is 34.9 Å². The summed E-state index contributed by atoms with van der Waals surface area (Å²) in [5, 5.41) is 14.8. The van der Waals surface area contributed by atoms with Gasteiger partial charge in [-0.1, -0.05) is 68.8 Å². The number of carbonyl (C=O) groups excluding carboxylic acids is 2. The van der Waals surface area contributed by atoms with Crippen LogP contribution in [0.1, 0.15) is 56.6 Å². The highest BCUT2D eigenvalue weighted by molar-refractivity contribution is 5.87. The fourth-order valence-electron chi connectivity index (χ4n) is 4.58. The molecule has 0 aliphatic heterocycles. The number of hydrogen-bond acceptors (Lipinski definition) is 4. The molecule has 1 fully saturated rings. The lowest BCUT2D eigenvalue weighted by molar-refractivity contribution is -0.143. The van der Waals surface area contributed by atoms with Gasteiger partial charge in [0.05, 0.1) is 5.41 Å². The molecule has 2 aliphatic rings. The van der Waals surface area contributed by atoms with Crippen LogP contribution in [-0.4, -0.2) is 42.3 Å².